The summed E-state index contributed by atoms with van der Waals surface area (Å²) in [4.78, 5) is 0. The highest BCUT2D eigenvalue weighted by atomic mass is 79.9. The van der Waals surface area contributed by atoms with Gasteiger partial charge in [-0.3, -0.25) is 0 Å². The topological polar surface area (TPSA) is 25.2 Å². The molecule has 3 rings (SSSR count). The van der Waals surface area contributed by atoms with Crippen molar-refractivity contribution >= 4 is 15.9 Å². The normalized spacial score (nSPS) is 10.6. The largest absolute Gasteiger partial charge is 0.508 e. The van der Waals surface area contributed by atoms with Crippen molar-refractivity contribution in [3.8, 4) is 22.7 Å². The maximum absolute atomic E-state index is 9.36. The number of rotatable bonds is 2. The molecule has 0 aliphatic carbocycles. The number of aromatic hydroxyl groups is 1. The Balaban J connectivity index is 2.07. The third kappa shape index (κ3) is 2.42. The van der Waals surface area contributed by atoms with E-state index in [4.69, 9.17) is 0 Å². The monoisotopic (exact) mass is 313 g/mol. The maximum Gasteiger partial charge on any atom is 0.115 e. The van der Waals surface area contributed by atoms with Gasteiger partial charge in [0.15, 0.2) is 0 Å². The van der Waals surface area contributed by atoms with Crippen LogP contribution < -0.4 is 0 Å². The van der Waals surface area contributed by atoms with E-state index in [1.54, 1.807) is 12.1 Å². The minimum absolute atomic E-state index is 0.283. The Labute approximate surface area is 120 Å². The van der Waals surface area contributed by atoms with E-state index in [-0.39, 0.29) is 5.75 Å². The molecule has 0 fully saturated rings. The summed E-state index contributed by atoms with van der Waals surface area (Å²) in [5, 5.41) is 9.36. The van der Waals surface area contributed by atoms with Crippen molar-refractivity contribution < 1.29 is 5.11 Å². The number of nitrogens with zero attached hydrogens (tertiary/aromatic N) is 1. The standard InChI is InChI=1S/C16H12BrNO/c17-13-5-7-14(8-6-13)18-11-1-2-16(18)12-3-9-15(19)10-4-12/h1-11,19H. The Morgan fingerprint density at radius 2 is 1.53 bits per heavy atom. The molecule has 0 aliphatic rings. The number of hydrogen-bond donors (Lipinski definition) is 1. The van der Waals surface area contributed by atoms with Crippen molar-refractivity contribution in [2.75, 3.05) is 0 Å². The van der Waals surface area contributed by atoms with Gasteiger partial charge in [-0.2, -0.15) is 0 Å². The Hall–Kier alpha value is -2.00. The SMILES string of the molecule is Oc1ccc(-c2cccn2-c2ccc(Br)cc2)cc1. The second-order valence-electron chi connectivity index (χ2n) is 4.29. The van der Waals surface area contributed by atoms with E-state index in [9.17, 15) is 5.11 Å². The molecule has 3 heteroatoms. The van der Waals surface area contributed by atoms with Crippen LogP contribution in [0.1, 0.15) is 0 Å². The number of phenolic OH excluding ortho intramolecular Hbond substituents is 1. The molecule has 0 radical (unpaired) electrons. The van der Waals surface area contributed by atoms with E-state index < -0.39 is 0 Å². The average molecular weight is 314 g/mol. The van der Waals surface area contributed by atoms with Crippen molar-refractivity contribution in [1.29, 1.82) is 0 Å². The van der Waals surface area contributed by atoms with Gasteiger partial charge >= 0.3 is 0 Å². The average Bonchev–Trinajstić information content (AvgIpc) is 2.90. The van der Waals surface area contributed by atoms with Crippen LogP contribution in [0.3, 0.4) is 0 Å². The lowest BCUT2D eigenvalue weighted by atomic mass is 10.1. The van der Waals surface area contributed by atoms with Crippen molar-refractivity contribution in [2.24, 2.45) is 0 Å². The summed E-state index contributed by atoms with van der Waals surface area (Å²) in [7, 11) is 0. The molecule has 94 valence electrons. The van der Waals surface area contributed by atoms with Crippen LogP contribution in [0.15, 0.2) is 71.3 Å². The van der Waals surface area contributed by atoms with Crippen molar-refractivity contribution in [3.05, 3.63) is 71.3 Å². The summed E-state index contributed by atoms with van der Waals surface area (Å²) in [5.74, 6) is 0.283. The van der Waals surface area contributed by atoms with Crippen LogP contribution in [-0.2, 0) is 0 Å². The number of halogens is 1. The first-order chi connectivity index (χ1) is 9.24. The molecular formula is C16H12BrNO. The van der Waals surface area contributed by atoms with Gasteiger partial charge in [0.25, 0.3) is 0 Å². The lowest BCUT2D eigenvalue weighted by molar-refractivity contribution is 0.475. The predicted octanol–water partition coefficient (Wildman–Crippen LogP) is 4.61. The first-order valence-electron chi connectivity index (χ1n) is 5.97. The van der Waals surface area contributed by atoms with E-state index in [1.165, 1.54) is 0 Å². The maximum atomic E-state index is 9.36. The highest BCUT2D eigenvalue weighted by molar-refractivity contribution is 9.10. The van der Waals surface area contributed by atoms with Crippen LogP contribution in [0.2, 0.25) is 0 Å². The number of phenols is 1. The van der Waals surface area contributed by atoms with Crippen LogP contribution in [-0.4, -0.2) is 9.67 Å². The minimum Gasteiger partial charge on any atom is -0.508 e. The Morgan fingerprint density at radius 3 is 2.21 bits per heavy atom. The molecule has 0 saturated heterocycles. The number of benzene rings is 2. The summed E-state index contributed by atoms with van der Waals surface area (Å²) >= 11 is 3.44. The molecule has 0 bridgehead atoms. The molecule has 0 unspecified atom stereocenters. The van der Waals surface area contributed by atoms with Gasteiger partial charge in [0.2, 0.25) is 0 Å². The Morgan fingerprint density at radius 1 is 0.842 bits per heavy atom. The zero-order valence-electron chi connectivity index (χ0n) is 10.1. The van der Waals surface area contributed by atoms with Gasteiger partial charge in [-0.15, -0.1) is 0 Å². The molecule has 1 aromatic heterocycles. The zero-order valence-corrected chi connectivity index (χ0v) is 11.7. The van der Waals surface area contributed by atoms with Gasteiger partial charge in [0.05, 0.1) is 5.69 Å². The third-order valence-electron chi connectivity index (χ3n) is 3.02. The fourth-order valence-corrected chi connectivity index (χ4v) is 2.34. The van der Waals surface area contributed by atoms with Crippen LogP contribution in [0.4, 0.5) is 0 Å². The summed E-state index contributed by atoms with van der Waals surface area (Å²) < 4.78 is 3.19. The van der Waals surface area contributed by atoms with E-state index in [0.29, 0.717) is 0 Å². The first kappa shape index (κ1) is 12.1. The summed E-state index contributed by atoms with van der Waals surface area (Å²) in [6, 6.07) is 19.5. The van der Waals surface area contributed by atoms with E-state index >= 15 is 0 Å². The summed E-state index contributed by atoms with van der Waals surface area (Å²) in [6.07, 6.45) is 2.03. The molecule has 0 atom stereocenters. The fourth-order valence-electron chi connectivity index (χ4n) is 2.08. The van der Waals surface area contributed by atoms with Crippen molar-refractivity contribution in [2.45, 2.75) is 0 Å². The lowest BCUT2D eigenvalue weighted by Crippen LogP contribution is -1.94. The van der Waals surface area contributed by atoms with Crippen LogP contribution in [0.25, 0.3) is 16.9 Å². The molecular weight excluding hydrogens is 302 g/mol. The van der Waals surface area contributed by atoms with Gasteiger partial charge in [-0.1, -0.05) is 15.9 Å². The first-order valence-corrected chi connectivity index (χ1v) is 6.76. The molecule has 0 spiro atoms. The molecule has 19 heavy (non-hydrogen) atoms. The fraction of sp³-hybridized carbons (Fsp3) is 0. The molecule has 0 saturated carbocycles. The third-order valence-corrected chi connectivity index (χ3v) is 3.55. The highest BCUT2D eigenvalue weighted by Gasteiger charge is 2.05. The van der Waals surface area contributed by atoms with Crippen LogP contribution >= 0.6 is 15.9 Å². The van der Waals surface area contributed by atoms with Gasteiger partial charge in [0, 0.05) is 16.4 Å². The molecule has 2 aromatic carbocycles. The van der Waals surface area contributed by atoms with Crippen LogP contribution in [0, 0.1) is 0 Å². The lowest BCUT2D eigenvalue weighted by Gasteiger charge is -2.09. The molecule has 2 nitrogen and oxygen atoms in total. The van der Waals surface area contributed by atoms with E-state index in [2.05, 4.69) is 38.7 Å². The second-order valence-corrected chi connectivity index (χ2v) is 5.20. The predicted molar refractivity (Wildman–Crippen MR) is 80.6 cm³/mol. The smallest absolute Gasteiger partial charge is 0.115 e. The van der Waals surface area contributed by atoms with Gasteiger partial charge < -0.3 is 9.67 Å². The van der Waals surface area contributed by atoms with Gasteiger partial charge in [0.1, 0.15) is 5.75 Å². The zero-order chi connectivity index (χ0) is 13.2. The Bertz CT molecular complexity index is 624. The van der Waals surface area contributed by atoms with Gasteiger partial charge in [-0.05, 0) is 66.2 Å². The molecule has 1 heterocycles. The van der Waals surface area contributed by atoms with Crippen molar-refractivity contribution in [1.82, 2.24) is 4.57 Å². The highest BCUT2D eigenvalue weighted by Crippen LogP contribution is 2.26. The van der Waals surface area contributed by atoms with Gasteiger partial charge in [-0.25, -0.2) is 0 Å². The van der Waals surface area contributed by atoms with E-state index in [0.717, 1.165) is 21.4 Å². The quantitative estimate of drug-likeness (QED) is 0.734. The summed E-state index contributed by atoms with van der Waals surface area (Å²) in [6.45, 7) is 0. The molecule has 3 aromatic rings. The minimum atomic E-state index is 0.283. The number of hydrogen-bond acceptors (Lipinski definition) is 1. The summed E-state index contributed by atoms with van der Waals surface area (Å²) in [5.41, 5.74) is 3.28. The second kappa shape index (κ2) is 4.94. The molecule has 1 N–H and O–H groups in total. The molecule has 0 aliphatic heterocycles. The number of aromatic nitrogens is 1. The van der Waals surface area contributed by atoms with E-state index in [1.807, 2.05) is 36.5 Å². The van der Waals surface area contributed by atoms with Crippen LogP contribution in [0.5, 0.6) is 5.75 Å². The van der Waals surface area contributed by atoms with Crippen molar-refractivity contribution in [3.63, 3.8) is 0 Å². The Kier molecular flexibility index (Phi) is 3.13. The molecule has 0 amide bonds.